The number of hydrogen-bond donors (Lipinski definition) is 5. The summed E-state index contributed by atoms with van der Waals surface area (Å²) in [6.45, 7) is 0.573. The molecular formula is C17H18N8S. The van der Waals surface area contributed by atoms with E-state index in [-0.39, 0.29) is 0 Å². The van der Waals surface area contributed by atoms with E-state index in [1.54, 1.807) is 11.2 Å². The van der Waals surface area contributed by atoms with Gasteiger partial charge in [0.1, 0.15) is 0 Å². The third kappa shape index (κ3) is 3.22. The number of nitrogens with zero attached hydrogens (tertiary/aromatic N) is 4. The summed E-state index contributed by atoms with van der Waals surface area (Å²) in [5.74, 6) is 0.450. The molecule has 0 saturated carbocycles. The molecule has 26 heavy (non-hydrogen) atoms. The third-order valence-corrected chi connectivity index (χ3v) is 4.14. The molecule has 5 N–H and O–H groups in total. The average molecular weight is 366 g/mol. The van der Waals surface area contributed by atoms with Gasteiger partial charge in [0.2, 0.25) is 0 Å². The van der Waals surface area contributed by atoms with Crippen LogP contribution in [-0.4, -0.2) is 31.7 Å². The van der Waals surface area contributed by atoms with Crippen molar-refractivity contribution in [2.75, 3.05) is 17.0 Å². The maximum absolute atomic E-state index is 5.58. The monoisotopic (exact) mass is 366 g/mol. The van der Waals surface area contributed by atoms with Gasteiger partial charge in [-0.05, 0) is 24.7 Å². The highest BCUT2D eigenvalue weighted by atomic mass is 32.1. The van der Waals surface area contributed by atoms with Gasteiger partial charge in [0.05, 0.1) is 17.6 Å². The fourth-order valence-corrected chi connectivity index (χ4v) is 2.86. The molecule has 0 spiro atoms. The molecule has 0 aliphatic carbocycles. The van der Waals surface area contributed by atoms with Crippen LogP contribution in [0, 0.1) is 0 Å². The summed E-state index contributed by atoms with van der Waals surface area (Å²) in [4.78, 5) is 12.0. The van der Waals surface area contributed by atoms with E-state index in [1.165, 1.54) is 0 Å². The van der Waals surface area contributed by atoms with Crippen LogP contribution in [-0.2, 0) is 6.42 Å². The first-order valence-electron chi connectivity index (χ1n) is 8.14. The highest BCUT2D eigenvalue weighted by molar-refractivity contribution is 7.80. The van der Waals surface area contributed by atoms with Gasteiger partial charge in [0, 0.05) is 29.2 Å². The van der Waals surface area contributed by atoms with Crippen LogP contribution in [0.3, 0.4) is 0 Å². The van der Waals surface area contributed by atoms with Gasteiger partial charge in [-0.15, -0.1) is 17.7 Å². The van der Waals surface area contributed by atoms with Crippen LogP contribution in [0.1, 0.15) is 5.69 Å². The minimum Gasteiger partial charge on any atom is -0.359 e. The number of benzene rings is 1. The summed E-state index contributed by atoms with van der Waals surface area (Å²) in [5, 5.41) is 10.2. The Morgan fingerprint density at radius 1 is 1.19 bits per heavy atom. The molecule has 0 unspecified atom stereocenters. The fourth-order valence-electron chi connectivity index (χ4n) is 2.72. The van der Waals surface area contributed by atoms with Crippen LogP contribution in [0.15, 0.2) is 53.9 Å². The van der Waals surface area contributed by atoms with Gasteiger partial charge in [-0.2, -0.15) is 4.98 Å². The van der Waals surface area contributed by atoms with E-state index in [1.807, 2.05) is 42.6 Å². The number of hydrazine groups is 1. The molecule has 8 nitrogen and oxygen atoms in total. The molecule has 0 atom stereocenters. The van der Waals surface area contributed by atoms with E-state index in [0.29, 0.717) is 17.6 Å². The van der Waals surface area contributed by atoms with E-state index in [0.717, 1.165) is 34.4 Å². The predicted molar refractivity (Wildman–Crippen MR) is 105 cm³/mol. The zero-order valence-corrected chi connectivity index (χ0v) is 14.7. The van der Waals surface area contributed by atoms with Crippen LogP contribution >= 0.6 is 12.6 Å². The lowest BCUT2D eigenvalue weighted by Crippen LogP contribution is -2.25. The van der Waals surface area contributed by atoms with Gasteiger partial charge < -0.3 is 10.7 Å². The number of H-pyrrole nitrogens is 2. The zero-order chi connectivity index (χ0) is 17.9. The fraction of sp³-hybridized carbons (Fsp3) is 0.118. The number of pyridine rings is 1. The maximum Gasteiger partial charge on any atom is 0.269 e. The molecule has 1 aromatic carbocycles. The van der Waals surface area contributed by atoms with Crippen molar-refractivity contribution in [1.82, 2.24) is 25.1 Å². The number of nitrogens with one attached hydrogen (secondary N) is 3. The van der Waals surface area contributed by atoms with E-state index in [4.69, 9.17) is 5.73 Å². The molecule has 0 bridgehead atoms. The van der Waals surface area contributed by atoms with Gasteiger partial charge in [-0.1, -0.05) is 18.2 Å². The lowest BCUT2D eigenvalue weighted by atomic mass is 10.2. The van der Waals surface area contributed by atoms with Crippen molar-refractivity contribution in [2.45, 2.75) is 11.6 Å². The number of anilines is 3. The SMILES string of the molecule is NCCc1ccc(NN(c2n[nH]c(S)n2)c2c[nH]c3ccccc23)cn1. The van der Waals surface area contributed by atoms with E-state index >= 15 is 0 Å². The Labute approximate surface area is 155 Å². The second-order valence-corrected chi connectivity index (χ2v) is 6.13. The molecule has 4 aromatic rings. The Kier molecular flexibility index (Phi) is 4.46. The Balaban J connectivity index is 1.72. The molecule has 0 radical (unpaired) electrons. The summed E-state index contributed by atoms with van der Waals surface area (Å²) in [7, 11) is 0. The predicted octanol–water partition coefficient (Wildman–Crippen LogP) is 2.64. The first-order chi connectivity index (χ1) is 12.7. The highest BCUT2D eigenvalue weighted by Gasteiger charge is 2.18. The van der Waals surface area contributed by atoms with Gasteiger partial charge in [0.15, 0.2) is 5.16 Å². The van der Waals surface area contributed by atoms with Gasteiger partial charge >= 0.3 is 0 Å². The number of nitrogens with two attached hydrogens (primary N) is 1. The molecule has 4 rings (SSSR count). The first-order valence-corrected chi connectivity index (χ1v) is 8.58. The molecule has 3 heterocycles. The molecule has 0 aliphatic rings. The largest absolute Gasteiger partial charge is 0.359 e. The normalized spacial score (nSPS) is 11.0. The standard InChI is InChI=1S/C17H18N8S/c18-8-7-11-5-6-12(9-19-11)24-25(16-21-17(26)23-22-16)15-10-20-14-4-2-1-3-13(14)15/h1-6,9-10,20,24H,7-8,18H2,(H2,21,22,23,26). The van der Waals surface area contributed by atoms with Gasteiger partial charge in [-0.3, -0.25) is 15.5 Å². The number of aromatic nitrogens is 5. The summed E-state index contributed by atoms with van der Waals surface area (Å²) < 4.78 is 0. The molecular weight excluding hydrogens is 348 g/mol. The molecule has 0 amide bonds. The van der Waals surface area contributed by atoms with Crippen molar-refractivity contribution in [3.05, 3.63) is 54.5 Å². The number of aromatic amines is 2. The smallest absolute Gasteiger partial charge is 0.269 e. The summed E-state index contributed by atoms with van der Waals surface area (Å²) >= 11 is 4.22. The average Bonchev–Trinajstić information content (AvgIpc) is 3.28. The minimum absolute atomic E-state index is 0.433. The number of para-hydroxylation sites is 1. The van der Waals surface area contributed by atoms with Crippen molar-refractivity contribution < 1.29 is 0 Å². The van der Waals surface area contributed by atoms with Crippen molar-refractivity contribution in [2.24, 2.45) is 5.73 Å². The molecule has 132 valence electrons. The van der Waals surface area contributed by atoms with Crippen LogP contribution in [0.25, 0.3) is 10.9 Å². The lowest BCUT2D eigenvalue weighted by molar-refractivity contribution is 0.922. The summed E-state index contributed by atoms with van der Waals surface area (Å²) in [6.07, 6.45) is 4.42. The molecule has 3 aromatic heterocycles. The molecule has 0 fully saturated rings. The highest BCUT2D eigenvalue weighted by Crippen LogP contribution is 2.31. The van der Waals surface area contributed by atoms with Crippen molar-refractivity contribution in [3.8, 4) is 0 Å². The van der Waals surface area contributed by atoms with Crippen molar-refractivity contribution in [1.29, 1.82) is 0 Å². The molecule has 0 aliphatic heterocycles. The Hall–Kier alpha value is -3.04. The Morgan fingerprint density at radius 3 is 2.81 bits per heavy atom. The minimum atomic E-state index is 0.433. The second-order valence-electron chi connectivity index (χ2n) is 5.70. The Morgan fingerprint density at radius 2 is 2.08 bits per heavy atom. The zero-order valence-electron chi connectivity index (χ0n) is 13.8. The lowest BCUT2D eigenvalue weighted by Gasteiger charge is -2.22. The third-order valence-electron chi connectivity index (χ3n) is 3.94. The Bertz CT molecular complexity index is 1010. The number of thiol groups is 1. The van der Waals surface area contributed by atoms with E-state index in [2.05, 4.69) is 43.2 Å². The topological polar surface area (TPSA) is 112 Å². The van der Waals surface area contributed by atoms with Crippen LogP contribution in [0.5, 0.6) is 0 Å². The molecule has 0 saturated heterocycles. The van der Waals surface area contributed by atoms with Crippen LogP contribution < -0.4 is 16.2 Å². The van der Waals surface area contributed by atoms with Gasteiger partial charge in [-0.25, -0.2) is 5.01 Å². The van der Waals surface area contributed by atoms with Crippen LogP contribution in [0.2, 0.25) is 0 Å². The molecule has 9 heteroatoms. The number of rotatable bonds is 6. The first kappa shape index (κ1) is 16.4. The van der Waals surface area contributed by atoms with Gasteiger partial charge in [0.25, 0.3) is 5.95 Å². The maximum atomic E-state index is 5.58. The quantitative estimate of drug-likeness (QED) is 0.265. The van der Waals surface area contributed by atoms with Crippen molar-refractivity contribution >= 4 is 40.9 Å². The number of hydrogen-bond acceptors (Lipinski definition) is 7. The second kappa shape index (κ2) is 7.06. The number of fused-ring (bicyclic) bond motifs is 1. The van der Waals surface area contributed by atoms with E-state index < -0.39 is 0 Å². The summed E-state index contributed by atoms with van der Waals surface area (Å²) in [5.41, 5.74) is 12.6. The van der Waals surface area contributed by atoms with Crippen LogP contribution in [0.4, 0.5) is 17.3 Å². The summed E-state index contributed by atoms with van der Waals surface area (Å²) in [6, 6.07) is 11.9. The van der Waals surface area contributed by atoms with Crippen molar-refractivity contribution in [3.63, 3.8) is 0 Å². The van der Waals surface area contributed by atoms with E-state index in [9.17, 15) is 0 Å².